The molecule has 146 valence electrons. The molecular formula is C21H23N3O4. The summed E-state index contributed by atoms with van der Waals surface area (Å²) >= 11 is 0. The number of hydrogen-bond acceptors (Lipinski definition) is 5. The van der Waals surface area contributed by atoms with Crippen LogP contribution in [-0.2, 0) is 9.53 Å². The van der Waals surface area contributed by atoms with Gasteiger partial charge >= 0.3 is 5.97 Å². The van der Waals surface area contributed by atoms with Crippen LogP contribution < -0.4 is 10.1 Å². The van der Waals surface area contributed by atoms with Crippen LogP contribution in [0.15, 0.2) is 48.7 Å². The third-order valence-electron chi connectivity index (χ3n) is 4.41. The van der Waals surface area contributed by atoms with E-state index in [1.54, 1.807) is 23.6 Å². The van der Waals surface area contributed by atoms with Crippen molar-refractivity contribution < 1.29 is 19.1 Å². The fraction of sp³-hybridized carbons (Fsp3) is 0.286. The molecule has 1 amide bonds. The number of imidazole rings is 1. The highest BCUT2D eigenvalue weighted by Crippen LogP contribution is 2.23. The van der Waals surface area contributed by atoms with Crippen molar-refractivity contribution in [1.29, 1.82) is 0 Å². The Kier molecular flexibility index (Phi) is 5.93. The number of pyridine rings is 1. The van der Waals surface area contributed by atoms with Crippen LogP contribution in [0.4, 0.5) is 0 Å². The van der Waals surface area contributed by atoms with E-state index in [9.17, 15) is 9.59 Å². The van der Waals surface area contributed by atoms with Gasteiger partial charge in [-0.15, -0.1) is 0 Å². The number of fused-ring (bicyclic) bond motifs is 1. The molecular weight excluding hydrogens is 358 g/mol. The Labute approximate surface area is 163 Å². The molecule has 0 unspecified atom stereocenters. The molecule has 0 bridgehead atoms. The standard InChI is InChI=1S/C21H23N3O4/c1-4-28-17-11-8-12-24-19(14(2)22-20(17)24)21(26)23-16(13-18(25)27-3)15-9-6-5-7-10-15/h5-12,16H,4,13H2,1-3H3,(H,23,26)/t16-/m0/s1. The lowest BCUT2D eigenvalue weighted by Gasteiger charge is -2.18. The Morgan fingerprint density at radius 1 is 1.18 bits per heavy atom. The summed E-state index contributed by atoms with van der Waals surface area (Å²) < 4.78 is 12.1. The zero-order valence-electron chi connectivity index (χ0n) is 16.1. The number of nitrogens with zero attached hydrogens (tertiary/aromatic N) is 2. The lowest BCUT2D eigenvalue weighted by atomic mass is 10.0. The predicted octanol–water partition coefficient (Wildman–Crippen LogP) is 3.08. The van der Waals surface area contributed by atoms with Crippen molar-refractivity contribution in [3.05, 3.63) is 65.6 Å². The van der Waals surface area contributed by atoms with Crippen molar-refractivity contribution in [2.24, 2.45) is 0 Å². The van der Waals surface area contributed by atoms with Crippen LogP contribution in [-0.4, -0.2) is 35.0 Å². The second-order valence-electron chi connectivity index (χ2n) is 6.26. The molecule has 0 aliphatic rings. The Morgan fingerprint density at radius 2 is 1.93 bits per heavy atom. The van der Waals surface area contributed by atoms with Gasteiger partial charge in [0.25, 0.3) is 5.91 Å². The summed E-state index contributed by atoms with van der Waals surface area (Å²) in [6.45, 7) is 4.17. The first-order chi connectivity index (χ1) is 13.5. The summed E-state index contributed by atoms with van der Waals surface area (Å²) in [7, 11) is 1.33. The maximum absolute atomic E-state index is 13.1. The summed E-state index contributed by atoms with van der Waals surface area (Å²) in [5.41, 5.74) is 2.39. The van der Waals surface area contributed by atoms with E-state index in [0.29, 0.717) is 29.4 Å². The average molecular weight is 381 g/mol. The van der Waals surface area contributed by atoms with E-state index in [0.717, 1.165) is 5.56 Å². The number of methoxy groups -OCH3 is 1. The zero-order chi connectivity index (χ0) is 20.1. The van der Waals surface area contributed by atoms with Crippen LogP contribution in [0.25, 0.3) is 5.65 Å². The van der Waals surface area contributed by atoms with Crippen LogP contribution >= 0.6 is 0 Å². The number of aromatic nitrogens is 2. The Morgan fingerprint density at radius 3 is 2.61 bits per heavy atom. The summed E-state index contributed by atoms with van der Waals surface area (Å²) in [5, 5.41) is 2.94. The van der Waals surface area contributed by atoms with Crippen LogP contribution in [0.3, 0.4) is 0 Å². The van der Waals surface area contributed by atoms with Gasteiger partial charge in [0.05, 0.1) is 31.9 Å². The van der Waals surface area contributed by atoms with Gasteiger partial charge in [-0.1, -0.05) is 30.3 Å². The fourth-order valence-corrected chi connectivity index (χ4v) is 3.11. The van der Waals surface area contributed by atoms with Crippen molar-refractivity contribution in [1.82, 2.24) is 14.7 Å². The molecule has 0 aliphatic heterocycles. The predicted molar refractivity (Wildman–Crippen MR) is 104 cm³/mol. The Bertz CT molecular complexity index is 982. The van der Waals surface area contributed by atoms with Crippen molar-refractivity contribution in [3.63, 3.8) is 0 Å². The summed E-state index contributed by atoms with van der Waals surface area (Å²) in [6, 6.07) is 12.4. The number of rotatable bonds is 7. The lowest BCUT2D eigenvalue weighted by Crippen LogP contribution is -2.31. The van der Waals surface area contributed by atoms with Crippen molar-refractivity contribution in [2.75, 3.05) is 13.7 Å². The molecule has 1 aromatic carbocycles. The van der Waals surface area contributed by atoms with Gasteiger partial charge in [-0.05, 0) is 31.5 Å². The molecule has 1 N–H and O–H groups in total. The highest BCUT2D eigenvalue weighted by molar-refractivity contribution is 5.95. The molecule has 1 atom stereocenters. The zero-order valence-corrected chi connectivity index (χ0v) is 16.1. The maximum Gasteiger partial charge on any atom is 0.307 e. The molecule has 0 spiro atoms. The first-order valence-corrected chi connectivity index (χ1v) is 9.08. The first-order valence-electron chi connectivity index (χ1n) is 9.08. The first kappa shape index (κ1) is 19.4. The van der Waals surface area contributed by atoms with E-state index < -0.39 is 12.0 Å². The number of aryl methyl sites for hydroxylation is 1. The minimum Gasteiger partial charge on any atom is -0.490 e. The van der Waals surface area contributed by atoms with E-state index >= 15 is 0 Å². The smallest absolute Gasteiger partial charge is 0.307 e. The third-order valence-corrected chi connectivity index (χ3v) is 4.41. The summed E-state index contributed by atoms with van der Waals surface area (Å²) in [5.74, 6) is -0.111. The van der Waals surface area contributed by atoms with Gasteiger partial charge in [-0.2, -0.15) is 0 Å². The van der Waals surface area contributed by atoms with Gasteiger partial charge in [0, 0.05) is 6.20 Å². The van der Waals surface area contributed by atoms with E-state index in [1.165, 1.54) is 7.11 Å². The number of carbonyl (C=O) groups excluding carboxylic acids is 2. The number of hydrogen-bond donors (Lipinski definition) is 1. The summed E-state index contributed by atoms with van der Waals surface area (Å²) in [6.07, 6.45) is 1.80. The van der Waals surface area contributed by atoms with E-state index in [2.05, 4.69) is 10.3 Å². The molecule has 2 heterocycles. The van der Waals surface area contributed by atoms with E-state index in [4.69, 9.17) is 9.47 Å². The SMILES string of the molecule is CCOc1cccn2c(C(=O)N[C@@H](CC(=O)OC)c3ccccc3)c(C)nc12. The Balaban J connectivity index is 1.95. The molecule has 0 saturated heterocycles. The van der Waals surface area contributed by atoms with Gasteiger partial charge in [-0.3, -0.25) is 14.0 Å². The number of benzene rings is 1. The van der Waals surface area contributed by atoms with Gasteiger partial charge in [0.1, 0.15) is 5.69 Å². The monoisotopic (exact) mass is 381 g/mol. The van der Waals surface area contributed by atoms with Gasteiger partial charge in [0.15, 0.2) is 11.4 Å². The molecule has 0 saturated carbocycles. The summed E-state index contributed by atoms with van der Waals surface area (Å²) in [4.78, 5) is 29.4. The molecule has 3 rings (SSSR count). The molecule has 0 radical (unpaired) electrons. The normalized spacial score (nSPS) is 11.8. The van der Waals surface area contributed by atoms with Gasteiger partial charge < -0.3 is 14.8 Å². The molecule has 7 heteroatoms. The number of esters is 1. The average Bonchev–Trinajstić information content (AvgIpc) is 3.05. The fourth-order valence-electron chi connectivity index (χ4n) is 3.11. The van der Waals surface area contributed by atoms with Crippen molar-refractivity contribution in [2.45, 2.75) is 26.3 Å². The quantitative estimate of drug-likeness (QED) is 0.636. The number of nitrogens with one attached hydrogen (secondary N) is 1. The minimum absolute atomic E-state index is 0.0340. The number of amides is 1. The molecule has 7 nitrogen and oxygen atoms in total. The van der Waals surface area contributed by atoms with E-state index in [-0.39, 0.29) is 12.3 Å². The third kappa shape index (κ3) is 3.98. The molecule has 28 heavy (non-hydrogen) atoms. The lowest BCUT2D eigenvalue weighted by molar-refractivity contribution is -0.141. The second-order valence-corrected chi connectivity index (χ2v) is 6.26. The molecule has 0 fully saturated rings. The van der Waals surface area contributed by atoms with Crippen LogP contribution in [0.5, 0.6) is 5.75 Å². The van der Waals surface area contributed by atoms with Gasteiger partial charge in [-0.25, -0.2) is 4.98 Å². The van der Waals surface area contributed by atoms with Gasteiger partial charge in [0.2, 0.25) is 0 Å². The van der Waals surface area contributed by atoms with E-state index in [1.807, 2.05) is 43.3 Å². The van der Waals surface area contributed by atoms with Crippen LogP contribution in [0, 0.1) is 6.92 Å². The minimum atomic E-state index is -0.513. The van der Waals surface area contributed by atoms with Crippen molar-refractivity contribution in [3.8, 4) is 5.75 Å². The molecule has 3 aromatic rings. The maximum atomic E-state index is 13.1. The number of carbonyl (C=O) groups is 2. The van der Waals surface area contributed by atoms with Crippen LogP contribution in [0.2, 0.25) is 0 Å². The highest BCUT2D eigenvalue weighted by Gasteiger charge is 2.24. The molecule has 0 aliphatic carbocycles. The topological polar surface area (TPSA) is 81.9 Å². The Hall–Kier alpha value is -3.35. The number of ether oxygens (including phenoxy) is 2. The highest BCUT2D eigenvalue weighted by atomic mass is 16.5. The largest absolute Gasteiger partial charge is 0.490 e. The van der Waals surface area contributed by atoms with Crippen molar-refractivity contribution >= 4 is 17.5 Å². The van der Waals surface area contributed by atoms with Crippen LogP contribution in [0.1, 0.15) is 41.1 Å². The molecule has 2 aromatic heterocycles. The second kappa shape index (κ2) is 8.56.